The zero-order valence-corrected chi connectivity index (χ0v) is 16.8. The lowest BCUT2D eigenvalue weighted by atomic mass is 10.2. The molecule has 1 aliphatic rings. The number of benzene rings is 2. The Hall–Kier alpha value is -3.42. The molecule has 1 saturated heterocycles. The number of anilines is 3. The summed E-state index contributed by atoms with van der Waals surface area (Å²) in [5.41, 5.74) is 2.47. The summed E-state index contributed by atoms with van der Waals surface area (Å²) in [6, 6.07) is 14.5. The summed E-state index contributed by atoms with van der Waals surface area (Å²) in [6.07, 6.45) is 0. The van der Waals surface area contributed by atoms with E-state index in [4.69, 9.17) is 4.74 Å². The van der Waals surface area contributed by atoms with Crippen molar-refractivity contribution in [2.45, 2.75) is 6.92 Å². The number of hydrogen-bond donors (Lipinski definition) is 3. The maximum absolute atomic E-state index is 12.2. The molecule has 4 amide bonds. The average Bonchev–Trinajstić information content (AvgIpc) is 2.75. The van der Waals surface area contributed by atoms with Gasteiger partial charge < -0.3 is 30.5 Å². The average molecular weight is 397 g/mol. The molecule has 0 bridgehead atoms. The van der Waals surface area contributed by atoms with E-state index in [1.165, 1.54) is 0 Å². The first-order chi connectivity index (χ1) is 14.1. The highest BCUT2D eigenvalue weighted by molar-refractivity contribution is 5.99. The third kappa shape index (κ3) is 5.54. The van der Waals surface area contributed by atoms with Crippen molar-refractivity contribution in [3.8, 4) is 5.75 Å². The summed E-state index contributed by atoms with van der Waals surface area (Å²) in [6.45, 7) is 5.50. The molecule has 2 aromatic rings. The molecule has 0 atom stereocenters. The highest BCUT2D eigenvalue weighted by atomic mass is 16.5. The molecule has 0 aliphatic carbocycles. The molecule has 0 unspecified atom stereocenters. The van der Waals surface area contributed by atoms with Gasteiger partial charge in [-0.1, -0.05) is 0 Å². The molecule has 0 aromatic heterocycles. The highest BCUT2D eigenvalue weighted by Gasteiger charge is 2.20. The lowest BCUT2D eigenvalue weighted by Crippen LogP contribution is -2.51. The molecule has 2 aromatic carbocycles. The van der Waals surface area contributed by atoms with Crippen LogP contribution in [0.2, 0.25) is 0 Å². The van der Waals surface area contributed by atoms with Crippen LogP contribution in [-0.4, -0.2) is 56.8 Å². The van der Waals surface area contributed by atoms with E-state index in [9.17, 15) is 9.59 Å². The highest BCUT2D eigenvalue weighted by Crippen LogP contribution is 2.20. The number of nitrogens with one attached hydrogen (secondary N) is 3. The van der Waals surface area contributed by atoms with Crippen LogP contribution in [-0.2, 0) is 0 Å². The quantitative estimate of drug-likeness (QED) is 0.723. The van der Waals surface area contributed by atoms with Crippen molar-refractivity contribution in [2.75, 3.05) is 55.4 Å². The number of methoxy groups -OCH3 is 1. The van der Waals surface area contributed by atoms with Crippen LogP contribution in [0.15, 0.2) is 48.5 Å². The van der Waals surface area contributed by atoms with E-state index in [0.29, 0.717) is 31.0 Å². The van der Waals surface area contributed by atoms with Crippen LogP contribution in [0, 0.1) is 0 Å². The van der Waals surface area contributed by atoms with Gasteiger partial charge >= 0.3 is 12.1 Å². The molecule has 154 valence electrons. The first-order valence-electron chi connectivity index (χ1n) is 9.69. The fourth-order valence-electron chi connectivity index (χ4n) is 3.15. The molecular formula is C21H27N5O3. The SMILES string of the molecule is CCNC(=O)N1CCN(c2ccc(NC(=O)Nc3ccc(OC)cc3)cc2)CC1. The Kier molecular flexibility index (Phi) is 6.78. The molecule has 1 heterocycles. The van der Waals surface area contributed by atoms with Crippen LogP contribution < -0.4 is 25.6 Å². The van der Waals surface area contributed by atoms with E-state index in [2.05, 4.69) is 20.9 Å². The van der Waals surface area contributed by atoms with Gasteiger partial charge in [-0.3, -0.25) is 0 Å². The lowest BCUT2D eigenvalue weighted by Gasteiger charge is -2.36. The maximum Gasteiger partial charge on any atom is 0.323 e. The predicted molar refractivity (Wildman–Crippen MR) is 115 cm³/mol. The largest absolute Gasteiger partial charge is 0.497 e. The second kappa shape index (κ2) is 9.68. The Labute approximate surface area is 170 Å². The molecule has 1 aliphatic heterocycles. The van der Waals surface area contributed by atoms with Gasteiger partial charge in [0.2, 0.25) is 0 Å². The van der Waals surface area contributed by atoms with Crippen LogP contribution in [0.3, 0.4) is 0 Å². The summed E-state index contributed by atoms with van der Waals surface area (Å²) in [4.78, 5) is 28.1. The van der Waals surface area contributed by atoms with Crippen LogP contribution >= 0.6 is 0 Å². The minimum Gasteiger partial charge on any atom is -0.497 e. The summed E-state index contributed by atoms with van der Waals surface area (Å²) in [7, 11) is 1.60. The number of piperazine rings is 1. The van der Waals surface area contributed by atoms with E-state index in [1.807, 2.05) is 36.1 Å². The zero-order chi connectivity index (χ0) is 20.6. The van der Waals surface area contributed by atoms with Crippen LogP contribution in [0.4, 0.5) is 26.7 Å². The zero-order valence-electron chi connectivity index (χ0n) is 16.8. The van der Waals surface area contributed by atoms with Gasteiger partial charge in [0.15, 0.2) is 0 Å². The molecule has 1 fully saturated rings. The van der Waals surface area contributed by atoms with Crippen LogP contribution in [0.5, 0.6) is 5.75 Å². The van der Waals surface area contributed by atoms with Crippen molar-refractivity contribution < 1.29 is 14.3 Å². The Morgan fingerprint density at radius 2 is 1.45 bits per heavy atom. The monoisotopic (exact) mass is 397 g/mol. The van der Waals surface area contributed by atoms with E-state index >= 15 is 0 Å². The molecule has 8 heteroatoms. The smallest absolute Gasteiger partial charge is 0.323 e. The fourth-order valence-corrected chi connectivity index (χ4v) is 3.15. The third-order valence-corrected chi connectivity index (χ3v) is 4.73. The number of urea groups is 2. The van der Waals surface area contributed by atoms with Gasteiger partial charge in [0.1, 0.15) is 5.75 Å². The fraction of sp³-hybridized carbons (Fsp3) is 0.333. The van der Waals surface area contributed by atoms with Gasteiger partial charge in [-0.15, -0.1) is 0 Å². The number of carbonyl (C=O) groups excluding carboxylic acids is 2. The number of carbonyl (C=O) groups is 2. The van der Waals surface area contributed by atoms with Crippen molar-refractivity contribution in [3.63, 3.8) is 0 Å². The first-order valence-corrected chi connectivity index (χ1v) is 9.69. The predicted octanol–water partition coefficient (Wildman–Crippen LogP) is 3.19. The summed E-state index contributed by atoms with van der Waals surface area (Å²) >= 11 is 0. The number of amides is 4. The van der Waals surface area contributed by atoms with Gasteiger partial charge in [-0.05, 0) is 55.5 Å². The molecular weight excluding hydrogens is 370 g/mol. The van der Waals surface area contributed by atoms with E-state index in [-0.39, 0.29) is 12.1 Å². The molecule has 8 nitrogen and oxygen atoms in total. The Morgan fingerprint density at radius 1 is 0.897 bits per heavy atom. The van der Waals surface area contributed by atoms with Gasteiger partial charge in [-0.25, -0.2) is 9.59 Å². The Bertz CT molecular complexity index is 815. The van der Waals surface area contributed by atoms with Crippen molar-refractivity contribution in [2.24, 2.45) is 0 Å². The molecule has 0 saturated carbocycles. The second-order valence-electron chi connectivity index (χ2n) is 6.66. The normalized spacial score (nSPS) is 13.6. The summed E-state index contributed by atoms with van der Waals surface area (Å²) in [5, 5.41) is 8.44. The Balaban J connectivity index is 1.49. The van der Waals surface area contributed by atoms with E-state index < -0.39 is 0 Å². The van der Waals surface area contributed by atoms with Crippen molar-refractivity contribution in [3.05, 3.63) is 48.5 Å². The van der Waals surface area contributed by atoms with Gasteiger partial charge in [0.05, 0.1) is 7.11 Å². The van der Waals surface area contributed by atoms with Crippen molar-refractivity contribution >= 4 is 29.1 Å². The minimum absolute atomic E-state index is 0.00503. The molecule has 0 spiro atoms. The molecule has 29 heavy (non-hydrogen) atoms. The maximum atomic E-state index is 12.2. The first kappa shape index (κ1) is 20.3. The second-order valence-corrected chi connectivity index (χ2v) is 6.66. The van der Waals surface area contributed by atoms with Gasteiger partial charge in [0.25, 0.3) is 0 Å². The van der Waals surface area contributed by atoms with E-state index in [1.54, 1.807) is 31.4 Å². The van der Waals surface area contributed by atoms with E-state index in [0.717, 1.165) is 24.5 Å². The van der Waals surface area contributed by atoms with Crippen molar-refractivity contribution in [1.82, 2.24) is 10.2 Å². The standard InChI is InChI=1S/C21H27N5O3/c1-3-22-21(28)26-14-12-25(13-15-26)18-8-4-16(5-9-18)23-20(27)24-17-6-10-19(29-2)11-7-17/h4-11H,3,12-15H2,1-2H3,(H,22,28)(H2,23,24,27). The minimum atomic E-state index is -0.307. The summed E-state index contributed by atoms with van der Waals surface area (Å²) in [5.74, 6) is 0.735. The topological polar surface area (TPSA) is 85.9 Å². The molecule has 0 radical (unpaired) electrons. The number of ether oxygens (including phenoxy) is 1. The number of rotatable bonds is 5. The van der Waals surface area contributed by atoms with Crippen LogP contribution in [0.1, 0.15) is 6.92 Å². The molecule has 3 rings (SSSR count). The number of nitrogens with zero attached hydrogens (tertiary/aromatic N) is 2. The number of hydrogen-bond acceptors (Lipinski definition) is 4. The van der Waals surface area contributed by atoms with Crippen LogP contribution in [0.25, 0.3) is 0 Å². The van der Waals surface area contributed by atoms with Crippen molar-refractivity contribution in [1.29, 1.82) is 0 Å². The van der Waals surface area contributed by atoms with Gasteiger partial charge in [0, 0.05) is 49.8 Å². The third-order valence-electron chi connectivity index (χ3n) is 4.73. The van der Waals surface area contributed by atoms with Gasteiger partial charge in [-0.2, -0.15) is 0 Å². The Morgan fingerprint density at radius 3 is 1.97 bits per heavy atom. The lowest BCUT2D eigenvalue weighted by molar-refractivity contribution is 0.195. The summed E-state index contributed by atoms with van der Waals surface area (Å²) < 4.78 is 5.10. The molecule has 3 N–H and O–H groups in total.